The summed E-state index contributed by atoms with van der Waals surface area (Å²) in [4.78, 5) is 4.71. The van der Waals surface area contributed by atoms with E-state index in [1.165, 1.54) is 0 Å². The Morgan fingerprint density at radius 1 is 0.968 bits per heavy atom. The minimum atomic E-state index is 0.535. The Labute approximate surface area is 194 Å². The van der Waals surface area contributed by atoms with Crippen LogP contribution in [0.4, 0.5) is 0 Å². The zero-order valence-corrected chi connectivity index (χ0v) is 19.4. The Kier molecular flexibility index (Phi) is 6.32. The molecule has 0 aliphatic rings. The zero-order chi connectivity index (χ0) is 22.0. The van der Waals surface area contributed by atoms with Gasteiger partial charge in [0.2, 0.25) is 0 Å². The minimum absolute atomic E-state index is 0.535. The van der Waals surface area contributed by atoms with Crippen LogP contribution in [0.25, 0.3) is 29.1 Å². The maximum atomic E-state index is 6.61. The normalized spacial score (nSPS) is 11.3. The predicted octanol–water partition coefficient (Wildman–Crippen LogP) is 6.80. The summed E-state index contributed by atoms with van der Waals surface area (Å²) < 4.78 is 12.4. The third-order valence-corrected chi connectivity index (χ3v) is 6.14. The number of methoxy groups -OCH3 is 2. The Hall–Kier alpha value is -2.80. The molecule has 0 radical (unpaired) electrons. The van der Waals surface area contributed by atoms with Crippen molar-refractivity contribution in [3.05, 3.63) is 74.3 Å². The second kappa shape index (κ2) is 9.14. The fourth-order valence-electron chi connectivity index (χ4n) is 3.10. The van der Waals surface area contributed by atoms with E-state index in [0.717, 1.165) is 33.2 Å². The molecule has 31 heavy (non-hydrogen) atoms. The highest BCUT2D eigenvalue weighted by Gasteiger charge is 2.13. The zero-order valence-electron chi connectivity index (χ0n) is 17.1. The largest absolute Gasteiger partial charge is 0.493 e. The van der Waals surface area contributed by atoms with Gasteiger partial charge in [-0.3, -0.25) is 0 Å². The van der Waals surface area contributed by atoms with Crippen LogP contribution in [0.5, 0.6) is 11.5 Å². The van der Waals surface area contributed by atoms with Crippen LogP contribution in [0.15, 0.2) is 47.8 Å². The van der Waals surface area contributed by atoms with Crippen molar-refractivity contribution in [3.8, 4) is 28.4 Å². The average molecular weight is 472 g/mol. The van der Waals surface area contributed by atoms with Crippen LogP contribution in [0.1, 0.15) is 16.3 Å². The highest BCUT2D eigenvalue weighted by molar-refractivity contribution is 7.10. The standard InChI is InChI=1S/C23H19Cl2N3O2S/c1-14-18(23(25)28(27-14)17-7-5-16(24)6-8-17)9-11-22-26-19(13-31-22)15-4-10-20(29-2)21(12-15)30-3/h4-13H,1-3H3. The van der Waals surface area contributed by atoms with Gasteiger partial charge in [-0.1, -0.05) is 23.2 Å². The molecule has 0 unspecified atom stereocenters. The third kappa shape index (κ3) is 4.46. The molecule has 0 fully saturated rings. The van der Waals surface area contributed by atoms with E-state index in [1.807, 2.05) is 66.9 Å². The van der Waals surface area contributed by atoms with Crippen molar-refractivity contribution in [2.75, 3.05) is 14.2 Å². The Balaban J connectivity index is 1.59. The summed E-state index contributed by atoms with van der Waals surface area (Å²) in [5, 5.41) is 8.63. The smallest absolute Gasteiger partial charge is 0.161 e. The number of halogens is 2. The monoisotopic (exact) mass is 471 g/mol. The van der Waals surface area contributed by atoms with E-state index in [4.69, 9.17) is 37.7 Å². The van der Waals surface area contributed by atoms with Gasteiger partial charge in [0, 0.05) is 21.5 Å². The maximum Gasteiger partial charge on any atom is 0.161 e. The molecule has 0 amide bonds. The average Bonchev–Trinajstić information content (AvgIpc) is 3.37. The quantitative estimate of drug-likeness (QED) is 0.310. The summed E-state index contributed by atoms with van der Waals surface area (Å²) in [6.07, 6.45) is 3.88. The van der Waals surface area contributed by atoms with Crippen LogP contribution in [-0.2, 0) is 0 Å². The van der Waals surface area contributed by atoms with Gasteiger partial charge < -0.3 is 9.47 Å². The van der Waals surface area contributed by atoms with Crippen molar-refractivity contribution in [2.45, 2.75) is 6.92 Å². The van der Waals surface area contributed by atoms with Gasteiger partial charge >= 0.3 is 0 Å². The number of hydrogen-bond donors (Lipinski definition) is 0. The topological polar surface area (TPSA) is 49.2 Å². The molecule has 0 saturated carbocycles. The van der Waals surface area contributed by atoms with Gasteiger partial charge in [0.1, 0.15) is 10.2 Å². The SMILES string of the molecule is COc1ccc(-c2csc(C=Cc3c(C)nn(-c4ccc(Cl)cc4)c3Cl)n2)cc1OC. The minimum Gasteiger partial charge on any atom is -0.493 e. The second-order valence-corrected chi connectivity index (χ2v) is 8.34. The van der Waals surface area contributed by atoms with Gasteiger partial charge in [0.05, 0.1) is 31.3 Å². The van der Waals surface area contributed by atoms with E-state index >= 15 is 0 Å². The maximum absolute atomic E-state index is 6.61. The van der Waals surface area contributed by atoms with Crippen LogP contribution >= 0.6 is 34.5 Å². The number of benzene rings is 2. The number of rotatable bonds is 6. The Bertz CT molecular complexity index is 1250. The number of nitrogens with zero attached hydrogens (tertiary/aromatic N) is 3. The van der Waals surface area contributed by atoms with Gasteiger partial charge in [-0.25, -0.2) is 9.67 Å². The number of aromatic nitrogens is 3. The van der Waals surface area contributed by atoms with Crippen LogP contribution in [0.3, 0.4) is 0 Å². The Morgan fingerprint density at radius 2 is 1.71 bits per heavy atom. The number of ether oxygens (including phenoxy) is 2. The molecule has 0 atom stereocenters. The van der Waals surface area contributed by atoms with E-state index < -0.39 is 0 Å². The van der Waals surface area contributed by atoms with E-state index in [1.54, 1.807) is 30.2 Å². The van der Waals surface area contributed by atoms with Gasteiger partial charge in [-0.15, -0.1) is 11.3 Å². The molecule has 0 N–H and O–H groups in total. The molecule has 2 aromatic carbocycles. The van der Waals surface area contributed by atoms with Crippen molar-refractivity contribution < 1.29 is 9.47 Å². The second-order valence-electron chi connectivity index (χ2n) is 6.65. The van der Waals surface area contributed by atoms with E-state index in [9.17, 15) is 0 Å². The first kappa shape index (κ1) is 21.4. The Morgan fingerprint density at radius 3 is 2.42 bits per heavy atom. The highest BCUT2D eigenvalue weighted by atomic mass is 35.5. The fourth-order valence-corrected chi connectivity index (χ4v) is 4.28. The molecule has 158 valence electrons. The number of hydrogen-bond acceptors (Lipinski definition) is 5. The molecule has 0 saturated heterocycles. The molecule has 4 aromatic rings. The number of thiazole rings is 1. The first-order chi connectivity index (χ1) is 15.0. The fraction of sp³-hybridized carbons (Fsp3) is 0.130. The van der Waals surface area contributed by atoms with Crippen molar-refractivity contribution >= 4 is 46.7 Å². The molecular weight excluding hydrogens is 453 g/mol. The third-order valence-electron chi connectivity index (χ3n) is 4.71. The molecule has 4 rings (SSSR count). The van der Waals surface area contributed by atoms with Crippen molar-refractivity contribution in [2.24, 2.45) is 0 Å². The molecule has 0 aliphatic heterocycles. The lowest BCUT2D eigenvalue weighted by atomic mass is 10.1. The summed E-state index contributed by atoms with van der Waals surface area (Å²) >= 11 is 14.1. The lowest BCUT2D eigenvalue weighted by molar-refractivity contribution is 0.355. The van der Waals surface area contributed by atoms with Crippen molar-refractivity contribution in [3.63, 3.8) is 0 Å². The summed E-state index contributed by atoms with van der Waals surface area (Å²) in [7, 11) is 3.23. The van der Waals surface area contributed by atoms with E-state index in [-0.39, 0.29) is 0 Å². The van der Waals surface area contributed by atoms with Crippen LogP contribution in [-0.4, -0.2) is 29.0 Å². The van der Waals surface area contributed by atoms with E-state index in [0.29, 0.717) is 21.7 Å². The molecule has 0 bridgehead atoms. The molecule has 0 spiro atoms. The molecule has 5 nitrogen and oxygen atoms in total. The van der Waals surface area contributed by atoms with Gasteiger partial charge in [-0.05, 0) is 61.5 Å². The summed E-state index contributed by atoms with van der Waals surface area (Å²) in [6, 6.07) is 13.1. The van der Waals surface area contributed by atoms with E-state index in [2.05, 4.69) is 5.10 Å². The van der Waals surface area contributed by atoms with Gasteiger partial charge in [-0.2, -0.15) is 5.10 Å². The predicted molar refractivity (Wildman–Crippen MR) is 128 cm³/mol. The molecule has 2 heterocycles. The first-order valence-corrected chi connectivity index (χ1v) is 11.0. The first-order valence-electron chi connectivity index (χ1n) is 9.37. The summed E-state index contributed by atoms with van der Waals surface area (Å²) in [5.74, 6) is 1.35. The lowest BCUT2D eigenvalue weighted by Crippen LogP contribution is -1.96. The lowest BCUT2D eigenvalue weighted by Gasteiger charge is -2.08. The van der Waals surface area contributed by atoms with Crippen molar-refractivity contribution in [1.82, 2.24) is 14.8 Å². The molecular formula is C23H19Cl2N3O2S. The number of aryl methyl sites for hydroxylation is 1. The van der Waals surface area contributed by atoms with Gasteiger partial charge in [0.15, 0.2) is 11.5 Å². The van der Waals surface area contributed by atoms with Crippen LogP contribution in [0.2, 0.25) is 10.2 Å². The van der Waals surface area contributed by atoms with Gasteiger partial charge in [0.25, 0.3) is 0 Å². The molecule has 2 aromatic heterocycles. The molecule has 0 aliphatic carbocycles. The summed E-state index contributed by atoms with van der Waals surface area (Å²) in [5.41, 5.74) is 4.35. The van der Waals surface area contributed by atoms with Crippen molar-refractivity contribution in [1.29, 1.82) is 0 Å². The highest BCUT2D eigenvalue weighted by Crippen LogP contribution is 2.33. The molecule has 8 heteroatoms. The van der Waals surface area contributed by atoms with Crippen LogP contribution in [0, 0.1) is 6.92 Å². The summed E-state index contributed by atoms with van der Waals surface area (Å²) in [6.45, 7) is 1.93. The van der Waals surface area contributed by atoms with Crippen LogP contribution < -0.4 is 9.47 Å².